The van der Waals surface area contributed by atoms with Crippen molar-refractivity contribution in [2.45, 2.75) is 31.9 Å². The van der Waals surface area contributed by atoms with Gasteiger partial charge in [0.2, 0.25) is 0 Å². The van der Waals surface area contributed by atoms with Gasteiger partial charge in [0.1, 0.15) is 17.6 Å². The second-order valence-corrected chi connectivity index (χ2v) is 6.33. The number of rotatable bonds is 3. The van der Waals surface area contributed by atoms with Crippen LogP contribution in [0.3, 0.4) is 0 Å². The standard InChI is InChI=1S/C16H22N4O/c1-19-8-6-12(11-19)10-14-18-13-4-2-7-17-16(13)20(14)15-5-3-9-21-15/h2,4,7,12,15H,3,5-6,8-11H2,1H3. The van der Waals surface area contributed by atoms with Crippen LogP contribution in [0.2, 0.25) is 0 Å². The second kappa shape index (κ2) is 5.39. The highest BCUT2D eigenvalue weighted by atomic mass is 16.5. The maximum atomic E-state index is 5.90. The lowest BCUT2D eigenvalue weighted by atomic mass is 10.0. The van der Waals surface area contributed by atoms with Crippen LogP contribution in [0, 0.1) is 5.92 Å². The quantitative estimate of drug-likeness (QED) is 0.868. The van der Waals surface area contributed by atoms with Crippen molar-refractivity contribution in [1.82, 2.24) is 19.4 Å². The van der Waals surface area contributed by atoms with E-state index in [0.717, 1.165) is 42.9 Å². The van der Waals surface area contributed by atoms with E-state index in [1.54, 1.807) is 0 Å². The first kappa shape index (κ1) is 13.2. The lowest BCUT2D eigenvalue weighted by Crippen LogP contribution is -2.18. The number of likely N-dealkylation sites (tertiary alicyclic amines) is 1. The van der Waals surface area contributed by atoms with Crippen LogP contribution in [0.1, 0.15) is 31.3 Å². The molecule has 2 aromatic rings. The van der Waals surface area contributed by atoms with Crippen LogP contribution in [0.5, 0.6) is 0 Å². The first-order valence-corrected chi connectivity index (χ1v) is 7.93. The second-order valence-electron chi connectivity index (χ2n) is 6.33. The van der Waals surface area contributed by atoms with Crippen LogP contribution in [0.4, 0.5) is 0 Å². The third-order valence-corrected chi connectivity index (χ3v) is 4.68. The summed E-state index contributed by atoms with van der Waals surface area (Å²) in [5.41, 5.74) is 1.97. The molecule has 112 valence electrons. The lowest BCUT2D eigenvalue weighted by molar-refractivity contribution is 0.0567. The summed E-state index contributed by atoms with van der Waals surface area (Å²) in [5, 5.41) is 0. The number of hydrogen-bond acceptors (Lipinski definition) is 4. The predicted octanol–water partition coefficient (Wildman–Crippen LogP) is 2.23. The molecule has 0 N–H and O–H groups in total. The number of fused-ring (bicyclic) bond motifs is 1. The summed E-state index contributed by atoms with van der Waals surface area (Å²) in [6, 6.07) is 4.01. The number of nitrogens with zero attached hydrogens (tertiary/aromatic N) is 4. The maximum absolute atomic E-state index is 5.90. The van der Waals surface area contributed by atoms with Crippen molar-refractivity contribution in [3.8, 4) is 0 Å². The summed E-state index contributed by atoms with van der Waals surface area (Å²) in [6.07, 6.45) is 6.46. The molecule has 2 fully saturated rings. The van der Waals surface area contributed by atoms with E-state index in [0.29, 0.717) is 5.92 Å². The molecule has 2 saturated heterocycles. The van der Waals surface area contributed by atoms with E-state index in [4.69, 9.17) is 9.72 Å². The molecule has 0 aliphatic carbocycles. The number of imidazole rings is 1. The first-order chi connectivity index (χ1) is 10.3. The van der Waals surface area contributed by atoms with Gasteiger partial charge in [0.15, 0.2) is 5.65 Å². The average molecular weight is 286 g/mol. The van der Waals surface area contributed by atoms with Crippen LogP contribution in [-0.2, 0) is 11.2 Å². The zero-order valence-electron chi connectivity index (χ0n) is 12.5. The number of hydrogen-bond donors (Lipinski definition) is 0. The van der Waals surface area contributed by atoms with Crippen LogP contribution in [0.15, 0.2) is 18.3 Å². The van der Waals surface area contributed by atoms with Crippen molar-refractivity contribution in [1.29, 1.82) is 0 Å². The molecule has 2 aliphatic heterocycles. The minimum Gasteiger partial charge on any atom is -0.358 e. The summed E-state index contributed by atoms with van der Waals surface area (Å²) in [4.78, 5) is 11.8. The Morgan fingerprint density at radius 2 is 2.33 bits per heavy atom. The molecular formula is C16H22N4O. The van der Waals surface area contributed by atoms with Gasteiger partial charge >= 0.3 is 0 Å². The lowest BCUT2D eigenvalue weighted by Gasteiger charge is -2.17. The molecule has 5 nitrogen and oxygen atoms in total. The molecule has 4 rings (SSSR count). The van der Waals surface area contributed by atoms with Gasteiger partial charge in [0.05, 0.1) is 0 Å². The van der Waals surface area contributed by atoms with Gasteiger partial charge in [-0.2, -0.15) is 0 Å². The van der Waals surface area contributed by atoms with Crippen LogP contribution < -0.4 is 0 Å². The van der Waals surface area contributed by atoms with Crippen LogP contribution >= 0.6 is 0 Å². The maximum Gasteiger partial charge on any atom is 0.162 e. The molecule has 5 heteroatoms. The van der Waals surface area contributed by atoms with E-state index in [2.05, 4.69) is 27.6 Å². The van der Waals surface area contributed by atoms with Gasteiger partial charge in [0, 0.05) is 25.8 Å². The molecule has 21 heavy (non-hydrogen) atoms. The molecule has 2 unspecified atom stereocenters. The molecule has 0 bridgehead atoms. The molecule has 0 saturated carbocycles. The van der Waals surface area contributed by atoms with Crippen molar-refractivity contribution >= 4 is 11.2 Å². The highest BCUT2D eigenvalue weighted by Gasteiger charge is 2.27. The highest BCUT2D eigenvalue weighted by molar-refractivity contribution is 5.71. The molecule has 4 heterocycles. The minimum absolute atomic E-state index is 0.124. The Morgan fingerprint density at radius 3 is 3.10 bits per heavy atom. The molecule has 2 atom stereocenters. The van der Waals surface area contributed by atoms with Crippen molar-refractivity contribution in [3.05, 3.63) is 24.2 Å². The third kappa shape index (κ3) is 2.45. The average Bonchev–Trinajstić information content (AvgIpc) is 3.18. The Kier molecular flexibility index (Phi) is 3.39. The number of ether oxygens (including phenoxy) is 1. The van der Waals surface area contributed by atoms with Gasteiger partial charge in [0.25, 0.3) is 0 Å². The molecule has 0 aromatic carbocycles. The smallest absolute Gasteiger partial charge is 0.162 e. The van der Waals surface area contributed by atoms with Crippen molar-refractivity contribution in [2.75, 3.05) is 26.7 Å². The fourth-order valence-electron chi connectivity index (χ4n) is 3.64. The van der Waals surface area contributed by atoms with E-state index in [1.165, 1.54) is 19.5 Å². The summed E-state index contributed by atoms with van der Waals surface area (Å²) < 4.78 is 8.15. The Hall–Kier alpha value is -1.46. The fraction of sp³-hybridized carbons (Fsp3) is 0.625. The summed E-state index contributed by atoms with van der Waals surface area (Å²) in [7, 11) is 2.20. The van der Waals surface area contributed by atoms with Crippen LogP contribution in [-0.4, -0.2) is 46.2 Å². The van der Waals surface area contributed by atoms with E-state index in [-0.39, 0.29) is 6.23 Å². The summed E-state index contributed by atoms with van der Waals surface area (Å²) >= 11 is 0. The zero-order valence-corrected chi connectivity index (χ0v) is 12.5. The van der Waals surface area contributed by atoms with Gasteiger partial charge in [-0.25, -0.2) is 9.97 Å². The van der Waals surface area contributed by atoms with E-state index < -0.39 is 0 Å². The summed E-state index contributed by atoms with van der Waals surface area (Å²) in [5.74, 6) is 1.85. The molecule has 2 aliphatic rings. The van der Waals surface area contributed by atoms with Crippen molar-refractivity contribution in [2.24, 2.45) is 5.92 Å². The Labute approximate surface area is 124 Å². The fourth-order valence-corrected chi connectivity index (χ4v) is 3.64. The molecular weight excluding hydrogens is 264 g/mol. The van der Waals surface area contributed by atoms with E-state index >= 15 is 0 Å². The van der Waals surface area contributed by atoms with E-state index in [1.807, 2.05) is 12.3 Å². The minimum atomic E-state index is 0.124. The van der Waals surface area contributed by atoms with Crippen molar-refractivity contribution in [3.63, 3.8) is 0 Å². The molecule has 0 spiro atoms. The molecule has 2 aromatic heterocycles. The van der Waals surface area contributed by atoms with Crippen LogP contribution in [0.25, 0.3) is 11.2 Å². The third-order valence-electron chi connectivity index (χ3n) is 4.68. The molecule has 0 radical (unpaired) electrons. The van der Waals surface area contributed by atoms with Gasteiger partial charge in [-0.3, -0.25) is 4.57 Å². The van der Waals surface area contributed by atoms with Gasteiger partial charge in [-0.05, 0) is 50.9 Å². The molecule has 0 amide bonds. The van der Waals surface area contributed by atoms with Gasteiger partial charge in [-0.15, -0.1) is 0 Å². The predicted molar refractivity (Wildman–Crippen MR) is 81.1 cm³/mol. The number of aromatic nitrogens is 3. The zero-order chi connectivity index (χ0) is 14.2. The van der Waals surface area contributed by atoms with Gasteiger partial charge in [-0.1, -0.05) is 0 Å². The first-order valence-electron chi connectivity index (χ1n) is 7.93. The Bertz CT molecular complexity index is 632. The Balaban J connectivity index is 1.70. The monoisotopic (exact) mass is 286 g/mol. The number of pyridine rings is 1. The summed E-state index contributed by atoms with van der Waals surface area (Å²) in [6.45, 7) is 3.22. The SMILES string of the molecule is CN1CCC(Cc2nc3cccnc3n2C2CCCO2)C1. The Morgan fingerprint density at radius 1 is 1.38 bits per heavy atom. The van der Waals surface area contributed by atoms with Crippen molar-refractivity contribution < 1.29 is 4.74 Å². The van der Waals surface area contributed by atoms with Gasteiger partial charge < -0.3 is 9.64 Å². The normalized spacial score (nSPS) is 26.9. The topological polar surface area (TPSA) is 43.2 Å². The van der Waals surface area contributed by atoms with E-state index in [9.17, 15) is 0 Å². The highest BCUT2D eigenvalue weighted by Crippen LogP contribution is 2.30. The largest absolute Gasteiger partial charge is 0.358 e.